The van der Waals surface area contributed by atoms with Crippen molar-refractivity contribution in [3.8, 4) is 11.3 Å². The van der Waals surface area contributed by atoms with Gasteiger partial charge in [-0.2, -0.15) is 10.2 Å². The third-order valence-electron chi connectivity index (χ3n) is 4.25. The molecule has 124 valence electrons. The van der Waals surface area contributed by atoms with Crippen molar-refractivity contribution in [3.05, 3.63) is 36.4 Å². The minimum atomic E-state index is 0.241. The SMILES string of the molecule is CC(C)Cn1cc(-c2cccc3nc(CC(=O)C4CC4)nn23)cn1. The van der Waals surface area contributed by atoms with Crippen LogP contribution in [0.3, 0.4) is 0 Å². The van der Waals surface area contributed by atoms with Crippen LogP contribution < -0.4 is 0 Å². The summed E-state index contributed by atoms with van der Waals surface area (Å²) in [5.41, 5.74) is 2.72. The molecule has 0 radical (unpaired) electrons. The number of pyridine rings is 1. The summed E-state index contributed by atoms with van der Waals surface area (Å²) in [6, 6.07) is 5.89. The molecular formula is C18H21N5O. The van der Waals surface area contributed by atoms with Crippen LogP contribution in [-0.2, 0) is 17.8 Å². The minimum absolute atomic E-state index is 0.241. The quantitative estimate of drug-likeness (QED) is 0.699. The van der Waals surface area contributed by atoms with Crippen molar-refractivity contribution in [1.82, 2.24) is 24.4 Å². The van der Waals surface area contributed by atoms with E-state index in [-0.39, 0.29) is 11.7 Å². The molecule has 0 amide bonds. The molecule has 0 unspecified atom stereocenters. The average molecular weight is 323 g/mol. The van der Waals surface area contributed by atoms with Gasteiger partial charge in [0.2, 0.25) is 0 Å². The maximum Gasteiger partial charge on any atom is 0.159 e. The van der Waals surface area contributed by atoms with Crippen molar-refractivity contribution >= 4 is 11.4 Å². The number of hydrogen-bond acceptors (Lipinski definition) is 4. The highest BCUT2D eigenvalue weighted by Gasteiger charge is 2.30. The lowest BCUT2D eigenvalue weighted by Crippen LogP contribution is -2.06. The van der Waals surface area contributed by atoms with Gasteiger partial charge in [0.05, 0.1) is 18.3 Å². The monoisotopic (exact) mass is 323 g/mol. The smallest absolute Gasteiger partial charge is 0.159 e. The summed E-state index contributed by atoms with van der Waals surface area (Å²) in [5, 5.41) is 8.98. The van der Waals surface area contributed by atoms with Gasteiger partial charge >= 0.3 is 0 Å². The van der Waals surface area contributed by atoms with E-state index in [0.29, 0.717) is 18.2 Å². The van der Waals surface area contributed by atoms with Crippen molar-refractivity contribution in [2.45, 2.75) is 39.7 Å². The fourth-order valence-electron chi connectivity index (χ4n) is 2.92. The Morgan fingerprint density at radius 3 is 2.92 bits per heavy atom. The zero-order valence-electron chi connectivity index (χ0n) is 14.0. The molecule has 6 heteroatoms. The van der Waals surface area contributed by atoms with Gasteiger partial charge in [0.15, 0.2) is 11.5 Å². The minimum Gasteiger partial charge on any atom is -0.299 e. The Hall–Kier alpha value is -2.50. The number of rotatable bonds is 6. The molecule has 0 bridgehead atoms. The summed E-state index contributed by atoms with van der Waals surface area (Å²) in [7, 11) is 0. The van der Waals surface area contributed by atoms with Gasteiger partial charge in [-0.25, -0.2) is 9.50 Å². The van der Waals surface area contributed by atoms with Gasteiger partial charge < -0.3 is 0 Å². The van der Waals surface area contributed by atoms with Crippen molar-refractivity contribution in [3.63, 3.8) is 0 Å². The normalized spacial score (nSPS) is 14.6. The number of fused-ring (bicyclic) bond motifs is 1. The van der Waals surface area contributed by atoms with E-state index < -0.39 is 0 Å². The Balaban J connectivity index is 1.66. The second kappa shape index (κ2) is 5.85. The first kappa shape index (κ1) is 15.1. The van der Waals surface area contributed by atoms with Crippen molar-refractivity contribution in [2.24, 2.45) is 11.8 Å². The predicted octanol–water partition coefficient (Wildman–Crippen LogP) is 2.77. The Kier molecular flexibility index (Phi) is 3.67. The van der Waals surface area contributed by atoms with Crippen LogP contribution in [0.2, 0.25) is 0 Å². The molecule has 0 spiro atoms. The van der Waals surface area contributed by atoms with Crippen LogP contribution in [0.5, 0.6) is 0 Å². The van der Waals surface area contributed by atoms with Gasteiger partial charge in [0.1, 0.15) is 5.78 Å². The van der Waals surface area contributed by atoms with Gasteiger partial charge in [-0.05, 0) is 30.9 Å². The number of hydrogen-bond donors (Lipinski definition) is 0. The second-order valence-corrected chi connectivity index (χ2v) is 6.97. The molecule has 0 aromatic carbocycles. The molecule has 1 aliphatic carbocycles. The summed E-state index contributed by atoms with van der Waals surface area (Å²) in [4.78, 5) is 16.5. The summed E-state index contributed by atoms with van der Waals surface area (Å²) in [5.74, 6) is 1.65. The Bertz CT molecular complexity index is 888. The van der Waals surface area contributed by atoms with E-state index in [4.69, 9.17) is 0 Å². The molecule has 4 rings (SSSR count). The van der Waals surface area contributed by atoms with E-state index in [1.165, 1.54) is 0 Å². The largest absolute Gasteiger partial charge is 0.299 e. The number of ketones is 1. The van der Waals surface area contributed by atoms with E-state index in [2.05, 4.69) is 29.0 Å². The van der Waals surface area contributed by atoms with Crippen LogP contribution in [0, 0.1) is 11.8 Å². The molecule has 24 heavy (non-hydrogen) atoms. The highest BCUT2D eigenvalue weighted by atomic mass is 16.1. The molecule has 3 heterocycles. The zero-order chi connectivity index (χ0) is 16.7. The van der Waals surface area contributed by atoms with Crippen molar-refractivity contribution < 1.29 is 4.79 Å². The average Bonchev–Trinajstić information content (AvgIpc) is 3.16. The lowest BCUT2D eigenvalue weighted by Gasteiger charge is -2.04. The second-order valence-electron chi connectivity index (χ2n) is 6.97. The number of nitrogens with zero attached hydrogens (tertiary/aromatic N) is 5. The van der Waals surface area contributed by atoms with E-state index in [1.807, 2.05) is 39.8 Å². The zero-order valence-corrected chi connectivity index (χ0v) is 14.0. The first-order chi connectivity index (χ1) is 11.6. The fraction of sp³-hybridized carbons (Fsp3) is 0.444. The van der Waals surface area contributed by atoms with E-state index >= 15 is 0 Å². The number of aromatic nitrogens is 5. The van der Waals surface area contributed by atoms with Gasteiger partial charge in [0, 0.05) is 24.2 Å². The molecule has 3 aromatic heterocycles. The molecule has 0 aliphatic heterocycles. The summed E-state index contributed by atoms with van der Waals surface area (Å²) < 4.78 is 3.76. The van der Waals surface area contributed by atoms with Crippen LogP contribution >= 0.6 is 0 Å². The lowest BCUT2D eigenvalue weighted by atomic mass is 10.2. The van der Waals surface area contributed by atoms with Crippen molar-refractivity contribution in [1.29, 1.82) is 0 Å². The maximum atomic E-state index is 12.0. The molecule has 0 atom stereocenters. The Morgan fingerprint density at radius 1 is 1.33 bits per heavy atom. The fourth-order valence-corrected chi connectivity index (χ4v) is 2.92. The number of carbonyl (C=O) groups is 1. The lowest BCUT2D eigenvalue weighted by molar-refractivity contribution is -0.119. The number of Topliss-reactive ketones (excluding diaryl/α,β-unsaturated/α-hetero) is 1. The predicted molar refractivity (Wildman–Crippen MR) is 90.5 cm³/mol. The highest BCUT2D eigenvalue weighted by molar-refractivity contribution is 5.84. The van der Waals surface area contributed by atoms with Gasteiger partial charge in [0.25, 0.3) is 0 Å². The standard InChI is InChI=1S/C18H21N5O/c1-12(2)10-22-11-14(9-19-22)15-4-3-5-18-20-17(21-23(15)18)8-16(24)13-6-7-13/h3-5,9,11-13H,6-8,10H2,1-2H3. The third-order valence-corrected chi connectivity index (χ3v) is 4.25. The molecule has 6 nitrogen and oxygen atoms in total. The molecule has 1 fully saturated rings. The topological polar surface area (TPSA) is 65.1 Å². The summed E-state index contributed by atoms with van der Waals surface area (Å²) in [6.07, 6.45) is 6.26. The van der Waals surface area contributed by atoms with Crippen LogP contribution in [0.25, 0.3) is 16.9 Å². The maximum absolute atomic E-state index is 12.0. The number of carbonyl (C=O) groups excluding carboxylic acids is 1. The van der Waals surface area contributed by atoms with Crippen LogP contribution in [0.4, 0.5) is 0 Å². The van der Waals surface area contributed by atoms with Crippen LogP contribution in [-0.4, -0.2) is 30.2 Å². The molecule has 1 aliphatic rings. The van der Waals surface area contributed by atoms with Crippen molar-refractivity contribution in [2.75, 3.05) is 0 Å². The highest BCUT2D eigenvalue weighted by Crippen LogP contribution is 2.30. The first-order valence-corrected chi connectivity index (χ1v) is 8.50. The Labute approximate surface area is 140 Å². The van der Waals surface area contributed by atoms with Gasteiger partial charge in [-0.15, -0.1) is 0 Å². The van der Waals surface area contributed by atoms with Crippen LogP contribution in [0.1, 0.15) is 32.5 Å². The van der Waals surface area contributed by atoms with Crippen LogP contribution in [0.15, 0.2) is 30.6 Å². The first-order valence-electron chi connectivity index (χ1n) is 8.50. The third kappa shape index (κ3) is 2.96. The molecule has 0 saturated heterocycles. The van der Waals surface area contributed by atoms with Gasteiger partial charge in [-0.1, -0.05) is 19.9 Å². The van der Waals surface area contributed by atoms with E-state index in [1.54, 1.807) is 0 Å². The molecular weight excluding hydrogens is 302 g/mol. The Morgan fingerprint density at radius 2 is 2.17 bits per heavy atom. The summed E-state index contributed by atoms with van der Waals surface area (Å²) in [6.45, 7) is 5.22. The van der Waals surface area contributed by atoms with Gasteiger partial charge in [-0.3, -0.25) is 9.48 Å². The summed E-state index contributed by atoms with van der Waals surface area (Å²) >= 11 is 0. The molecule has 1 saturated carbocycles. The van der Waals surface area contributed by atoms with E-state index in [0.717, 1.165) is 36.3 Å². The molecule has 0 N–H and O–H groups in total. The molecule has 3 aromatic rings. The van der Waals surface area contributed by atoms with E-state index in [9.17, 15) is 4.79 Å².